The van der Waals surface area contributed by atoms with Crippen molar-refractivity contribution in [3.05, 3.63) is 88.0 Å². The minimum atomic E-state index is -0.444. The van der Waals surface area contributed by atoms with E-state index in [-0.39, 0.29) is 21.8 Å². The molecule has 6 rings (SSSR count). The van der Waals surface area contributed by atoms with Crippen LogP contribution in [0.25, 0.3) is 0 Å². The van der Waals surface area contributed by atoms with Crippen LogP contribution in [0.2, 0.25) is 5.02 Å². The van der Waals surface area contributed by atoms with E-state index < -0.39 is 5.82 Å². The molecule has 3 aliphatic rings. The maximum Gasteiger partial charge on any atom is 0.258 e. The number of hydrogen-bond donors (Lipinski definition) is 0. The lowest BCUT2D eigenvalue weighted by Crippen LogP contribution is -2.50. The van der Waals surface area contributed by atoms with Gasteiger partial charge in [0.15, 0.2) is 0 Å². The zero-order chi connectivity index (χ0) is 25.5. The van der Waals surface area contributed by atoms with Gasteiger partial charge >= 0.3 is 0 Å². The molecule has 6 heteroatoms. The summed E-state index contributed by atoms with van der Waals surface area (Å²) in [4.78, 5) is 19.7. The molecule has 3 fully saturated rings. The van der Waals surface area contributed by atoms with Crippen molar-refractivity contribution in [3.8, 4) is 5.75 Å². The molecule has 0 radical (unpaired) electrons. The number of aromatic nitrogens is 1. The Hall–Kier alpha value is -2.92. The monoisotopic (exact) mass is 506 g/mol. The van der Waals surface area contributed by atoms with Crippen LogP contribution in [-0.4, -0.2) is 24.5 Å². The third-order valence-corrected chi connectivity index (χ3v) is 8.78. The number of aryl methyl sites for hydroxylation is 2. The summed E-state index contributed by atoms with van der Waals surface area (Å²) in [6, 6.07) is 12.7. The fourth-order valence-electron chi connectivity index (χ4n) is 6.31. The molecule has 0 N–H and O–H groups in total. The molecular formula is C30H32ClFN2O2. The zero-order valence-electron chi connectivity index (χ0n) is 21.1. The highest BCUT2D eigenvalue weighted by molar-refractivity contribution is 6.31. The average molecular weight is 507 g/mol. The van der Waals surface area contributed by atoms with E-state index in [2.05, 4.69) is 30.1 Å². The van der Waals surface area contributed by atoms with Crippen molar-refractivity contribution in [1.82, 2.24) is 4.98 Å². The smallest absolute Gasteiger partial charge is 0.258 e. The first-order chi connectivity index (χ1) is 17.2. The van der Waals surface area contributed by atoms with E-state index in [0.717, 1.165) is 49.8 Å². The van der Waals surface area contributed by atoms with Crippen molar-refractivity contribution in [2.45, 2.75) is 57.8 Å². The lowest BCUT2D eigenvalue weighted by atomic mass is 9.51. The Morgan fingerprint density at radius 2 is 1.75 bits per heavy atom. The van der Waals surface area contributed by atoms with E-state index in [4.69, 9.17) is 16.3 Å². The number of methoxy groups -OCH3 is 1. The van der Waals surface area contributed by atoms with Gasteiger partial charge in [-0.05, 0) is 110 Å². The number of carbonyl (C=O) groups is 1. The normalized spacial score (nSPS) is 22.9. The maximum atomic E-state index is 14.4. The van der Waals surface area contributed by atoms with E-state index in [1.807, 2.05) is 6.92 Å². The molecule has 1 amide bonds. The highest BCUT2D eigenvalue weighted by Gasteiger charge is 2.50. The number of ether oxygens (including phenoxy) is 1. The molecule has 0 atom stereocenters. The third-order valence-electron chi connectivity index (χ3n) is 8.56. The number of fused-ring (bicyclic) bond motifs is 3. The van der Waals surface area contributed by atoms with E-state index in [1.165, 1.54) is 23.3 Å². The number of halogens is 2. The highest BCUT2D eigenvalue weighted by atomic mass is 35.5. The molecule has 0 aliphatic heterocycles. The van der Waals surface area contributed by atoms with Crippen LogP contribution in [0.3, 0.4) is 0 Å². The van der Waals surface area contributed by atoms with Gasteiger partial charge in [0.2, 0.25) is 0 Å². The molecule has 0 unspecified atom stereocenters. The summed E-state index contributed by atoms with van der Waals surface area (Å²) < 4.78 is 19.9. The van der Waals surface area contributed by atoms with E-state index in [1.54, 1.807) is 36.5 Å². The summed E-state index contributed by atoms with van der Waals surface area (Å²) in [7, 11) is 1.71. The first-order valence-electron chi connectivity index (χ1n) is 12.6. The predicted octanol–water partition coefficient (Wildman–Crippen LogP) is 7.44. The second kappa shape index (κ2) is 9.51. The second-order valence-electron chi connectivity index (χ2n) is 10.7. The van der Waals surface area contributed by atoms with Crippen molar-refractivity contribution in [3.63, 3.8) is 0 Å². The number of pyridine rings is 1. The number of rotatable bonds is 6. The summed E-state index contributed by atoms with van der Waals surface area (Å²) in [6.07, 6.45) is 9.65. The summed E-state index contributed by atoms with van der Waals surface area (Å²) >= 11 is 6.22. The molecule has 0 saturated heterocycles. The van der Waals surface area contributed by atoms with Gasteiger partial charge in [0.25, 0.3) is 5.91 Å². The molecule has 3 aliphatic carbocycles. The summed E-state index contributed by atoms with van der Waals surface area (Å²) in [5.41, 5.74) is 4.62. The van der Waals surface area contributed by atoms with Gasteiger partial charge in [0.05, 0.1) is 7.11 Å². The Morgan fingerprint density at radius 1 is 1.03 bits per heavy atom. The number of amides is 1. The minimum absolute atomic E-state index is 0.00134. The number of nitrogens with zero attached hydrogens (tertiary/aromatic N) is 2. The predicted molar refractivity (Wildman–Crippen MR) is 142 cm³/mol. The Kier molecular flexibility index (Phi) is 6.54. The van der Waals surface area contributed by atoms with E-state index in [0.29, 0.717) is 17.8 Å². The van der Waals surface area contributed by atoms with Gasteiger partial charge in [0, 0.05) is 35.2 Å². The van der Waals surface area contributed by atoms with Crippen molar-refractivity contribution in [1.29, 1.82) is 0 Å². The number of hydrogen-bond acceptors (Lipinski definition) is 3. The molecule has 0 spiro atoms. The second-order valence-corrected chi connectivity index (χ2v) is 11.1. The molecule has 2 aromatic carbocycles. The van der Waals surface area contributed by atoms with Crippen molar-refractivity contribution in [2.75, 3.05) is 18.6 Å². The minimum Gasteiger partial charge on any atom is -0.496 e. The SMILES string of the molecule is COc1ccc(C23CCC(CN(C(=O)c4ccncc4C)c4cc(F)cc(Cl)c4)(CC2)CC3)cc1C. The van der Waals surface area contributed by atoms with E-state index in [9.17, 15) is 9.18 Å². The number of carbonyl (C=O) groups excluding carboxylic acids is 1. The quantitative estimate of drug-likeness (QED) is 0.349. The molecule has 1 aromatic heterocycles. The molecular weight excluding hydrogens is 475 g/mol. The van der Waals surface area contributed by atoms with Crippen LogP contribution in [0.4, 0.5) is 10.1 Å². The Balaban J connectivity index is 1.44. The number of anilines is 1. The van der Waals surface area contributed by atoms with Gasteiger partial charge in [0.1, 0.15) is 11.6 Å². The van der Waals surface area contributed by atoms with Gasteiger partial charge in [-0.3, -0.25) is 9.78 Å². The van der Waals surface area contributed by atoms with Crippen LogP contribution in [0.5, 0.6) is 5.75 Å². The first kappa shape index (κ1) is 24.8. The van der Waals surface area contributed by atoms with Gasteiger partial charge in [-0.25, -0.2) is 4.39 Å². The summed E-state index contributed by atoms with van der Waals surface area (Å²) in [5, 5.41) is 0.285. The van der Waals surface area contributed by atoms with Crippen LogP contribution in [0, 0.1) is 25.1 Å². The Labute approximate surface area is 217 Å². The van der Waals surface area contributed by atoms with Crippen LogP contribution in [-0.2, 0) is 5.41 Å². The average Bonchev–Trinajstić information content (AvgIpc) is 2.88. The Morgan fingerprint density at radius 3 is 2.36 bits per heavy atom. The van der Waals surface area contributed by atoms with Gasteiger partial charge in [-0.1, -0.05) is 23.7 Å². The van der Waals surface area contributed by atoms with Crippen LogP contribution in [0.1, 0.15) is 65.6 Å². The molecule has 4 nitrogen and oxygen atoms in total. The summed E-state index contributed by atoms with van der Waals surface area (Å²) in [6.45, 7) is 4.52. The topological polar surface area (TPSA) is 42.4 Å². The standard InChI is InChI=1S/C30H32ClFN2O2/c1-20-14-22(4-5-27(20)36-3)30-10-7-29(8-11-30,9-12-30)19-34(25-16-23(31)15-24(32)17-25)28(35)26-6-13-33-18-21(26)2/h4-6,13-18H,7-12,19H2,1-3H3. The van der Waals surface area contributed by atoms with Crippen LogP contribution >= 0.6 is 11.6 Å². The molecule has 1 heterocycles. The van der Waals surface area contributed by atoms with Crippen LogP contribution < -0.4 is 9.64 Å². The third kappa shape index (κ3) is 4.50. The van der Waals surface area contributed by atoms with Crippen LogP contribution in [0.15, 0.2) is 54.9 Å². The lowest BCUT2D eigenvalue weighted by Gasteiger charge is -2.55. The van der Waals surface area contributed by atoms with Crippen molar-refractivity contribution < 1.29 is 13.9 Å². The largest absolute Gasteiger partial charge is 0.496 e. The van der Waals surface area contributed by atoms with Gasteiger partial charge in [-0.2, -0.15) is 0 Å². The fraction of sp³-hybridized carbons (Fsp3) is 0.400. The molecule has 188 valence electrons. The number of benzene rings is 2. The molecule has 3 aromatic rings. The molecule has 36 heavy (non-hydrogen) atoms. The zero-order valence-corrected chi connectivity index (χ0v) is 21.9. The van der Waals surface area contributed by atoms with Gasteiger partial charge in [-0.15, -0.1) is 0 Å². The fourth-order valence-corrected chi connectivity index (χ4v) is 6.53. The van der Waals surface area contributed by atoms with Crippen molar-refractivity contribution >= 4 is 23.2 Å². The van der Waals surface area contributed by atoms with Crippen molar-refractivity contribution in [2.24, 2.45) is 5.41 Å². The first-order valence-corrected chi connectivity index (χ1v) is 13.0. The Bertz CT molecular complexity index is 1260. The summed E-state index contributed by atoms with van der Waals surface area (Å²) in [5.74, 6) is 0.338. The lowest BCUT2D eigenvalue weighted by molar-refractivity contribution is 0.0441. The highest BCUT2D eigenvalue weighted by Crippen LogP contribution is 2.58. The molecule has 2 bridgehead atoms. The van der Waals surface area contributed by atoms with E-state index >= 15 is 0 Å². The van der Waals surface area contributed by atoms with Gasteiger partial charge < -0.3 is 9.64 Å². The molecule has 3 saturated carbocycles. The maximum absolute atomic E-state index is 14.4.